The van der Waals surface area contributed by atoms with Gasteiger partial charge in [0.2, 0.25) is 0 Å². The molecule has 2 aliphatic rings. The van der Waals surface area contributed by atoms with Crippen LogP contribution in [0.2, 0.25) is 0 Å². The fraction of sp³-hybridized carbons (Fsp3) is 0.375. The van der Waals surface area contributed by atoms with Gasteiger partial charge in [0.15, 0.2) is 0 Å². The molecule has 1 aromatic carbocycles. The van der Waals surface area contributed by atoms with E-state index in [0.29, 0.717) is 22.9 Å². The molecule has 3 heterocycles. The Kier molecular flexibility index (Phi) is 3.63. The van der Waals surface area contributed by atoms with Gasteiger partial charge < -0.3 is 15.1 Å². The molecule has 4 rings (SSSR count). The fourth-order valence-corrected chi connectivity index (χ4v) is 3.96. The highest BCUT2D eigenvalue weighted by molar-refractivity contribution is 7.99. The first-order valence-electron chi connectivity index (χ1n) is 7.52. The first kappa shape index (κ1) is 13.8. The number of hydrogen-bond donors (Lipinski definition) is 2. The maximum Gasteiger partial charge on any atom is 0.260 e. The molecule has 2 N–H and O–H groups in total. The first-order chi connectivity index (χ1) is 10.8. The van der Waals surface area contributed by atoms with E-state index in [-0.39, 0.29) is 11.9 Å². The third-order valence-electron chi connectivity index (χ3n) is 4.35. The normalized spacial score (nSPS) is 26.3. The summed E-state index contributed by atoms with van der Waals surface area (Å²) in [6.07, 6.45) is 6.63. The lowest BCUT2D eigenvalue weighted by Crippen LogP contribution is -2.42. The van der Waals surface area contributed by atoms with Crippen LogP contribution in [-0.2, 0) is 0 Å². The number of amides is 1. The van der Waals surface area contributed by atoms with Crippen molar-refractivity contribution in [1.82, 2.24) is 15.6 Å². The van der Waals surface area contributed by atoms with Gasteiger partial charge in [0.25, 0.3) is 11.1 Å². The molecule has 0 spiro atoms. The van der Waals surface area contributed by atoms with E-state index in [1.807, 2.05) is 24.3 Å². The number of nitrogens with zero attached hydrogens (tertiary/aromatic N) is 1. The average Bonchev–Trinajstić information content (AvgIpc) is 3.25. The van der Waals surface area contributed by atoms with Crippen molar-refractivity contribution in [2.75, 3.05) is 0 Å². The van der Waals surface area contributed by atoms with Gasteiger partial charge in [-0.15, -0.1) is 0 Å². The minimum absolute atomic E-state index is 0.00650. The summed E-state index contributed by atoms with van der Waals surface area (Å²) >= 11 is 1.44. The van der Waals surface area contributed by atoms with Gasteiger partial charge in [-0.3, -0.25) is 4.79 Å². The second-order valence-corrected chi connectivity index (χ2v) is 6.81. The second-order valence-electron chi connectivity index (χ2n) is 5.79. The average molecular weight is 315 g/mol. The lowest BCUT2D eigenvalue weighted by molar-refractivity contribution is 0.0931. The first-order valence-corrected chi connectivity index (χ1v) is 8.34. The molecular formula is C16H17N3O2S. The highest BCUT2D eigenvalue weighted by Gasteiger charge is 2.39. The number of carbonyl (C=O) groups is 1. The Morgan fingerprint density at radius 2 is 2.18 bits per heavy atom. The molecule has 3 atom stereocenters. The van der Waals surface area contributed by atoms with Crippen LogP contribution in [0.3, 0.4) is 0 Å². The van der Waals surface area contributed by atoms with Crippen LogP contribution in [0.1, 0.15) is 29.6 Å². The lowest BCUT2D eigenvalue weighted by Gasteiger charge is -2.21. The molecule has 6 heteroatoms. The van der Waals surface area contributed by atoms with Gasteiger partial charge in [-0.25, -0.2) is 4.98 Å². The van der Waals surface area contributed by atoms with Crippen LogP contribution in [0.5, 0.6) is 0 Å². The second kappa shape index (κ2) is 5.78. The molecule has 0 aliphatic carbocycles. The van der Waals surface area contributed by atoms with Crippen molar-refractivity contribution in [3.05, 3.63) is 42.3 Å². The third kappa shape index (κ3) is 2.76. The zero-order chi connectivity index (χ0) is 14.9. The van der Waals surface area contributed by atoms with Gasteiger partial charge in [-0.2, -0.15) is 0 Å². The summed E-state index contributed by atoms with van der Waals surface area (Å²) in [7, 11) is 0. The highest BCUT2D eigenvalue weighted by Crippen LogP contribution is 2.29. The predicted molar refractivity (Wildman–Crippen MR) is 82.9 cm³/mol. The van der Waals surface area contributed by atoms with E-state index in [4.69, 9.17) is 4.42 Å². The molecule has 0 radical (unpaired) electrons. The maximum atomic E-state index is 12.3. The number of nitrogens with one attached hydrogen (secondary N) is 2. The van der Waals surface area contributed by atoms with Gasteiger partial charge in [0.1, 0.15) is 6.26 Å². The molecular weight excluding hydrogens is 298 g/mol. The molecule has 114 valence electrons. The van der Waals surface area contributed by atoms with E-state index < -0.39 is 0 Å². The lowest BCUT2D eigenvalue weighted by atomic mass is 9.95. The summed E-state index contributed by atoms with van der Waals surface area (Å²) in [5, 5.41) is 7.29. The number of oxazole rings is 1. The van der Waals surface area contributed by atoms with Crippen LogP contribution in [0, 0.1) is 0 Å². The standard InChI is InChI=1S/C16H17N3O2S/c20-15(19-14-9-11-3-6-13(14)18-11)10-1-4-12(5-2-10)22-16-17-7-8-21-16/h1-2,4-5,7-8,11,13-14,18H,3,6,9H2,(H,19,20)/t11-,13+,14-/m1/s1. The molecule has 2 bridgehead atoms. The Labute approximate surface area is 132 Å². The van der Waals surface area contributed by atoms with Gasteiger partial charge in [0, 0.05) is 28.6 Å². The van der Waals surface area contributed by atoms with Crippen molar-refractivity contribution in [2.45, 2.75) is 47.5 Å². The summed E-state index contributed by atoms with van der Waals surface area (Å²) in [6.45, 7) is 0. The molecule has 1 aromatic heterocycles. The van der Waals surface area contributed by atoms with Gasteiger partial charge >= 0.3 is 0 Å². The largest absolute Gasteiger partial charge is 0.440 e. The Balaban J connectivity index is 1.38. The summed E-state index contributed by atoms with van der Waals surface area (Å²) < 4.78 is 5.20. The quantitative estimate of drug-likeness (QED) is 0.907. The van der Waals surface area contributed by atoms with Crippen LogP contribution in [0.25, 0.3) is 0 Å². The molecule has 0 saturated carbocycles. The van der Waals surface area contributed by atoms with E-state index in [1.54, 1.807) is 12.5 Å². The van der Waals surface area contributed by atoms with Crippen LogP contribution in [-0.4, -0.2) is 29.0 Å². The number of aromatic nitrogens is 1. The fourth-order valence-electron chi connectivity index (χ4n) is 3.27. The Hall–Kier alpha value is -1.79. The van der Waals surface area contributed by atoms with Gasteiger partial charge in [-0.1, -0.05) is 0 Å². The number of hydrogen-bond acceptors (Lipinski definition) is 5. The van der Waals surface area contributed by atoms with E-state index in [9.17, 15) is 4.79 Å². The maximum absolute atomic E-state index is 12.3. The highest BCUT2D eigenvalue weighted by atomic mass is 32.2. The van der Waals surface area contributed by atoms with E-state index in [0.717, 1.165) is 11.3 Å². The van der Waals surface area contributed by atoms with Crippen LogP contribution in [0.4, 0.5) is 0 Å². The smallest absolute Gasteiger partial charge is 0.260 e. The molecule has 0 unspecified atom stereocenters. The minimum Gasteiger partial charge on any atom is -0.440 e. The number of benzene rings is 1. The Bertz CT molecular complexity index is 657. The summed E-state index contributed by atoms with van der Waals surface area (Å²) in [5.41, 5.74) is 0.694. The molecule has 2 aliphatic heterocycles. The van der Waals surface area contributed by atoms with Crippen LogP contribution in [0.15, 0.2) is 51.3 Å². The number of fused-ring (bicyclic) bond motifs is 2. The van der Waals surface area contributed by atoms with Crippen molar-refractivity contribution in [3.63, 3.8) is 0 Å². The van der Waals surface area contributed by atoms with Crippen LogP contribution >= 0.6 is 11.8 Å². The summed E-state index contributed by atoms with van der Waals surface area (Å²) in [4.78, 5) is 17.4. The van der Waals surface area contributed by atoms with Gasteiger partial charge in [0.05, 0.1) is 6.20 Å². The molecule has 2 aromatic rings. The zero-order valence-corrected chi connectivity index (χ0v) is 12.8. The molecule has 5 nitrogen and oxygen atoms in total. The van der Waals surface area contributed by atoms with Crippen molar-refractivity contribution >= 4 is 17.7 Å². The minimum atomic E-state index is 0.00650. The summed E-state index contributed by atoms with van der Waals surface area (Å²) in [6, 6.07) is 8.85. The van der Waals surface area contributed by atoms with E-state index in [2.05, 4.69) is 15.6 Å². The Morgan fingerprint density at radius 3 is 2.82 bits per heavy atom. The topological polar surface area (TPSA) is 67.2 Å². The van der Waals surface area contributed by atoms with Crippen molar-refractivity contribution in [1.29, 1.82) is 0 Å². The van der Waals surface area contributed by atoms with Crippen molar-refractivity contribution in [2.24, 2.45) is 0 Å². The summed E-state index contributed by atoms with van der Waals surface area (Å²) in [5.74, 6) is 0.00650. The van der Waals surface area contributed by atoms with Crippen molar-refractivity contribution < 1.29 is 9.21 Å². The Morgan fingerprint density at radius 1 is 1.32 bits per heavy atom. The van der Waals surface area contributed by atoms with Crippen molar-refractivity contribution in [3.8, 4) is 0 Å². The molecule has 2 saturated heterocycles. The third-order valence-corrected chi connectivity index (χ3v) is 5.23. The van der Waals surface area contributed by atoms with Crippen LogP contribution < -0.4 is 10.6 Å². The monoisotopic (exact) mass is 315 g/mol. The van der Waals surface area contributed by atoms with Gasteiger partial charge in [-0.05, 0) is 55.3 Å². The predicted octanol–water partition coefficient (Wildman–Crippen LogP) is 2.45. The number of rotatable bonds is 4. The number of carbonyl (C=O) groups excluding carboxylic acids is 1. The van der Waals surface area contributed by atoms with E-state index >= 15 is 0 Å². The van der Waals surface area contributed by atoms with E-state index in [1.165, 1.54) is 24.6 Å². The SMILES string of the molecule is O=C(N[C@@H]1C[C@H]2CC[C@@H]1N2)c1ccc(Sc2ncco2)cc1. The molecule has 22 heavy (non-hydrogen) atoms. The molecule has 2 fully saturated rings. The zero-order valence-electron chi connectivity index (χ0n) is 12.0. The molecule has 1 amide bonds.